The van der Waals surface area contributed by atoms with E-state index in [0.29, 0.717) is 16.5 Å². The van der Waals surface area contributed by atoms with Gasteiger partial charge in [0.25, 0.3) is 0 Å². The number of carboxylic acids is 1. The van der Waals surface area contributed by atoms with E-state index in [9.17, 15) is 9.18 Å². The number of hydrogen-bond acceptors (Lipinski definition) is 4. The Bertz CT molecular complexity index is 664. The highest BCUT2D eigenvalue weighted by Crippen LogP contribution is 2.30. The third kappa shape index (κ3) is 2.80. The van der Waals surface area contributed by atoms with Crippen molar-refractivity contribution in [2.24, 2.45) is 0 Å². The van der Waals surface area contributed by atoms with Crippen molar-refractivity contribution in [2.75, 3.05) is 12.4 Å². The van der Waals surface area contributed by atoms with Crippen LogP contribution in [0.25, 0.3) is 0 Å². The molecule has 0 aliphatic heterocycles. The second-order valence-electron chi connectivity index (χ2n) is 3.80. The number of pyridine rings is 1. The number of anilines is 2. The van der Waals surface area contributed by atoms with Gasteiger partial charge in [0.2, 0.25) is 0 Å². The fraction of sp³-hybridized carbons (Fsp3) is 0.0769. The third-order valence-corrected chi connectivity index (χ3v) is 2.88. The number of aromatic carboxylic acids is 1. The fourth-order valence-corrected chi connectivity index (χ4v) is 1.72. The summed E-state index contributed by atoms with van der Waals surface area (Å²) in [5.74, 6) is -2.03. The second-order valence-corrected chi connectivity index (χ2v) is 4.20. The zero-order valence-corrected chi connectivity index (χ0v) is 11.1. The first-order valence-electron chi connectivity index (χ1n) is 5.51. The Kier molecular flexibility index (Phi) is 4.05. The molecule has 1 aromatic heterocycles. The highest BCUT2D eigenvalue weighted by molar-refractivity contribution is 6.33. The topological polar surface area (TPSA) is 71.5 Å². The zero-order chi connectivity index (χ0) is 14.7. The molecule has 0 bridgehead atoms. The van der Waals surface area contributed by atoms with Crippen LogP contribution in [-0.2, 0) is 0 Å². The highest BCUT2D eigenvalue weighted by atomic mass is 35.5. The molecule has 0 atom stereocenters. The SMILES string of the molecule is COc1ccc(Cl)c(Nc2nccc(C(=O)O)c2F)c1. The lowest BCUT2D eigenvalue weighted by Gasteiger charge is -2.10. The molecular formula is C13H10ClFN2O3. The molecule has 0 spiro atoms. The van der Waals surface area contributed by atoms with E-state index in [-0.39, 0.29) is 5.82 Å². The van der Waals surface area contributed by atoms with Gasteiger partial charge in [-0.05, 0) is 18.2 Å². The van der Waals surface area contributed by atoms with E-state index < -0.39 is 17.3 Å². The van der Waals surface area contributed by atoms with Crippen LogP contribution in [0.15, 0.2) is 30.5 Å². The Labute approximate surface area is 119 Å². The summed E-state index contributed by atoms with van der Waals surface area (Å²) in [7, 11) is 1.48. The summed E-state index contributed by atoms with van der Waals surface area (Å²) >= 11 is 5.97. The molecule has 0 aliphatic rings. The molecule has 0 unspecified atom stereocenters. The summed E-state index contributed by atoms with van der Waals surface area (Å²) in [6.07, 6.45) is 1.20. The molecule has 0 saturated heterocycles. The summed E-state index contributed by atoms with van der Waals surface area (Å²) in [5, 5.41) is 11.8. The lowest BCUT2D eigenvalue weighted by atomic mass is 10.2. The minimum absolute atomic E-state index is 0.222. The van der Waals surface area contributed by atoms with Gasteiger partial charge in [0.15, 0.2) is 11.6 Å². The van der Waals surface area contributed by atoms with E-state index in [0.717, 1.165) is 6.07 Å². The standard InChI is InChI=1S/C13H10ClFN2O3/c1-20-7-2-3-9(14)10(6-7)17-12-11(15)8(13(18)19)4-5-16-12/h2-6H,1H3,(H,16,17)(H,18,19). The summed E-state index contributed by atoms with van der Waals surface area (Å²) in [5.41, 5.74) is -0.110. The van der Waals surface area contributed by atoms with Crippen LogP contribution < -0.4 is 10.1 Å². The molecular weight excluding hydrogens is 287 g/mol. The molecule has 104 valence electrons. The predicted octanol–water partition coefficient (Wildman–Crippen LogP) is 3.32. The maximum Gasteiger partial charge on any atom is 0.338 e. The average Bonchev–Trinajstić information content (AvgIpc) is 2.43. The van der Waals surface area contributed by atoms with Crippen molar-refractivity contribution in [3.05, 3.63) is 46.9 Å². The number of rotatable bonds is 4. The zero-order valence-electron chi connectivity index (χ0n) is 10.4. The average molecular weight is 297 g/mol. The van der Waals surface area contributed by atoms with Gasteiger partial charge in [-0.2, -0.15) is 0 Å². The number of carboxylic acid groups (broad SMARTS) is 1. The number of benzene rings is 1. The fourth-order valence-electron chi connectivity index (χ4n) is 1.55. The first kappa shape index (κ1) is 14.1. The van der Waals surface area contributed by atoms with Crippen molar-refractivity contribution in [2.45, 2.75) is 0 Å². The molecule has 1 aromatic carbocycles. The number of methoxy groups -OCH3 is 1. The van der Waals surface area contributed by atoms with Crippen LogP contribution in [-0.4, -0.2) is 23.2 Å². The lowest BCUT2D eigenvalue weighted by Crippen LogP contribution is -2.05. The molecule has 1 heterocycles. The van der Waals surface area contributed by atoms with E-state index >= 15 is 0 Å². The molecule has 5 nitrogen and oxygen atoms in total. The Morgan fingerprint density at radius 1 is 1.45 bits per heavy atom. The monoisotopic (exact) mass is 296 g/mol. The number of ether oxygens (including phenoxy) is 1. The van der Waals surface area contributed by atoms with Crippen LogP contribution in [0.3, 0.4) is 0 Å². The van der Waals surface area contributed by atoms with Gasteiger partial charge in [0.1, 0.15) is 11.3 Å². The quantitative estimate of drug-likeness (QED) is 0.905. The van der Waals surface area contributed by atoms with Crippen molar-refractivity contribution in [1.82, 2.24) is 4.98 Å². The van der Waals surface area contributed by atoms with Crippen LogP contribution in [0.5, 0.6) is 5.75 Å². The summed E-state index contributed by atoms with van der Waals surface area (Å²) in [6.45, 7) is 0. The number of carbonyl (C=O) groups is 1. The maximum atomic E-state index is 13.9. The molecule has 0 aliphatic carbocycles. The van der Waals surface area contributed by atoms with Crippen LogP contribution in [0.4, 0.5) is 15.9 Å². The van der Waals surface area contributed by atoms with Gasteiger partial charge in [-0.25, -0.2) is 14.2 Å². The van der Waals surface area contributed by atoms with Crippen molar-refractivity contribution in [3.8, 4) is 5.75 Å². The van der Waals surface area contributed by atoms with E-state index in [1.807, 2.05) is 0 Å². The maximum absolute atomic E-state index is 13.9. The van der Waals surface area contributed by atoms with Gasteiger partial charge in [0, 0.05) is 12.3 Å². The van der Waals surface area contributed by atoms with Gasteiger partial charge in [-0.1, -0.05) is 11.6 Å². The van der Waals surface area contributed by atoms with E-state index in [4.69, 9.17) is 21.4 Å². The largest absolute Gasteiger partial charge is 0.497 e. The van der Waals surface area contributed by atoms with E-state index in [1.54, 1.807) is 18.2 Å². The molecule has 2 aromatic rings. The Morgan fingerprint density at radius 3 is 2.85 bits per heavy atom. The van der Waals surface area contributed by atoms with Crippen LogP contribution in [0, 0.1) is 5.82 Å². The minimum atomic E-state index is -1.37. The summed E-state index contributed by atoms with van der Waals surface area (Å²) in [4.78, 5) is 14.6. The van der Waals surface area contributed by atoms with Crippen molar-refractivity contribution in [1.29, 1.82) is 0 Å². The van der Waals surface area contributed by atoms with E-state index in [1.165, 1.54) is 13.3 Å². The van der Waals surface area contributed by atoms with Gasteiger partial charge >= 0.3 is 5.97 Å². The van der Waals surface area contributed by atoms with E-state index in [2.05, 4.69) is 10.3 Å². The predicted molar refractivity (Wildman–Crippen MR) is 72.4 cm³/mol. The highest BCUT2D eigenvalue weighted by Gasteiger charge is 2.16. The molecule has 0 amide bonds. The van der Waals surface area contributed by atoms with Gasteiger partial charge in [-0.3, -0.25) is 0 Å². The Balaban J connectivity index is 2.40. The third-order valence-electron chi connectivity index (χ3n) is 2.55. The van der Waals surface area contributed by atoms with Crippen molar-refractivity contribution in [3.63, 3.8) is 0 Å². The normalized spacial score (nSPS) is 10.2. The second kappa shape index (κ2) is 5.75. The number of halogens is 2. The van der Waals surface area contributed by atoms with Crippen LogP contribution in [0.2, 0.25) is 5.02 Å². The molecule has 2 N–H and O–H groups in total. The number of nitrogens with zero attached hydrogens (tertiary/aromatic N) is 1. The molecule has 7 heteroatoms. The minimum Gasteiger partial charge on any atom is -0.497 e. The molecule has 20 heavy (non-hydrogen) atoms. The molecule has 2 rings (SSSR count). The van der Waals surface area contributed by atoms with Gasteiger partial charge in [0.05, 0.1) is 17.8 Å². The summed E-state index contributed by atoms with van der Waals surface area (Å²) in [6, 6.07) is 5.85. The molecule has 0 radical (unpaired) electrons. The summed E-state index contributed by atoms with van der Waals surface area (Å²) < 4.78 is 19.0. The Hall–Kier alpha value is -2.34. The van der Waals surface area contributed by atoms with Crippen LogP contribution >= 0.6 is 11.6 Å². The smallest absolute Gasteiger partial charge is 0.338 e. The van der Waals surface area contributed by atoms with Crippen molar-refractivity contribution < 1.29 is 19.0 Å². The van der Waals surface area contributed by atoms with Crippen LogP contribution in [0.1, 0.15) is 10.4 Å². The first-order chi connectivity index (χ1) is 9.52. The number of hydrogen-bond donors (Lipinski definition) is 2. The Morgan fingerprint density at radius 2 is 2.20 bits per heavy atom. The van der Waals surface area contributed by atoms with Crippen molar-refractivity contribution >= 4 is 29.1 Å². The van der Waals surface area contributed by atoms with Gasteiger partial charge < -0.3 is 15.2 Å². The molecule has 0 fully saturated rings. The molecule has 0 saturated carbocycles. The van der Waals surface area contributed by atoms with Gasteiger partial charge in [-0.15, -0.1) is 0 Å². The lowest BCUT2D eigenvalue weighted by molar-refractivity contribution is 0.0692. The number of nitrogens with one attached hydrogen (secondary N) is 1. The first-order valence-corrected chi connectivity index (χ1v) is 5.89. The number of aromatic nitrogens is 1.